The summed E-state index contributed by atoms with van der Waals surface area (Å²) in [5.41, 5.74) is 2.57. The third-order valence-electron chi connectivity index (χ3n) is 5.42. The Morgan fingerprint density at radius 1 is 1.10 bits per heavy atom. The highest BCUT2D eigenvalue weighted by Crippen LogP contribution is 2.37. The molecule has 0 aliphatic carbocycles. The van der Waals surface area contributed by atoms with Gasteiger partial charge >= 0.3 is 0 Å². The lowest BCUT2D eigenvalue weighted by Gasteiger charge is -2.25. The third-order valence-corrected chi connectivity index (χ3v) is 8.10. The standard InChI is InChI=1S/C23H24N2O4S2/c1-16(22(26)25(2)19-13-14-31(27,28)15-19)30-23-24-20(17-9-5-3-6-10-17)21(29-23)18-11-7-4-8-12-18/h3-12,16,19H,13-15H2,1-2H3. The maximum Gasteiger partial charge on any atom is 0.257 e. The number of benzene rings is 2. The predicted molar refractivity (Wildman–Crippen MR) is 123 cm³/mol. The van der Waals surface area contributed by atoms with E-state index in [0.29, 0.717) is 17.4 Å². The molecule has 8 heteroatoms. The van der Waals surface area contributed by atoms with Crippen LogP contribution in [0.4, 0.5) is 0 Å². The van der Waals surface area contributed by atoms with Crippen molar-refractivity contribution in [1.29, 1.82) is 0 Å². The summed E-state index contributed by atoms with van der Waals surface area (Å²) < 4.78 is 29.6. The van der Waals surface area contributed by atoms with Gasteiger partial charge in [0.05, 0.1) is 16.8 Å². The van der Waals surface area contributed by atoms with Crippen molar-refractivity contribution in [2.45, 2.75) is 29.9 Å². The summed E-state index contributed by atoms with van der Waals surface area (Å²) in [5.74, 6) is 0.691. The van der Waals surface area contributed by atoms with Crippen molar-refractivity contribution in [3.8, 4) is 22.6 Å². The molecule has 0 N–H and O–H groups in total. The number of hydrogen-bond donors (Lipinski definition) is 0. The molecule has 31 heavy (non-hydrogen) atoms. The molecule has 1 aliphatic heterocycles. The van der Waals surface area contributed by atoms with Crippen LogP contribution in [0.3, 0.4) is 0 Å². The zero-order valence-electron chi connectivity index (χ0n) is 17.4. The first-order valence-corrected chi connectivity index (χ1v) is 12.8. The smallest absolute Gasteiger partial charge is 0.257 e. The molecule has 162 valence electrons. The van der Waals surface area contributed by atoms with E-state index >= 15 is 0 Å². The molecular weight excluding hydrogens is 432 g/mol. The number of amides is 1. The summed E-state index contributed by atoms with van der Waals surface area (Å²) in [4.78, 5) is 19.2. The van der Waals surface area contributed by atoms with Gasteiger partial charge in [-0.1, -0.05) is 72.4 Å². The number of aromatic nitrogens is 1. The van der Waals surface area contributed by atoms with Gasteiger partial charge in [-0.3, -0.25) is 4.79 Å². The fourth-order valence-corrected chi connectivity index (χ4v) is 6.30. The Balaban J connectivity index is 1.57. The Kier molecular flexibility index (Phi) is 6.20. The van der Waals surface area contributed by atoms with Crippen molar-refractivity contribution in [3.63, 3.8) is 0 Å². The van der Waals surface area contributed by atoms with Gasteiger partial charge in [0.1, 0.15) is 5.69 Å². The van der Waals surface area contributed by atoms with Gasteiger partial charge < -0.3 is 9.32 Å². The Morgan fingerprint density at radius 2 is 1.71 bits per heavy atom. The van der Waals surface area contributed by atoms with Crippen molar-refractivity contribution >= 4 is 27.5 Å². The van der Waals surface area contributed by atoms with E-state index in [1.54, 1.807) is 18.9 Å². The number of carbonyl (C=O) groups is 1. The Hall–Kier alpha value is -2.58. The second-order valence-corrected chi connectivity index (χ2v) is 11.2. The molecule has 0 spiro atoms. The summed E-state index contributed by atoms with van der Waals surface area (Å²) in [5, 5.41) is -0.0507. The minimum absolute atomic E-state index is 0.0297. The van der Waals surface area contributed by atoms with Crippen molar-refractivity contribution < 1.29 is 17.6 Å². The van der Waals surface area contributed by atoms with Gasteiger partial charge in [0.15, 0.2) is 15.6 Å². The van der Waals surface area contributed by atoms with E-state index in [9.17, 15) is 13.2 Å². The molecule has 2 unspecified atom stereocenters. The highest BCUT2D eigenvalue weighted by Gasteiger charge is 2.34. The largest absolute Gasteiger partial charge is 0.431 e. The summed E-state index contributed by atoms with van der Waals surface area (Å²) in [7, 11) is -1.38. The molecule has 2 atom stereocenters. The number of nitrogens with zero attached hydrogens (tertiary/aromatic N) is 2. The second kappa shape index (κ2) is 8.88. The van der Waals surface area contributed by atoms with Crippen LogP contribution in [0.5, 0.6) is 0 Å². The van der Waals surface area contributed by atoms with Crippen LogP contribution < -0.4 is 0 Å². The average Bonchev–Trinajstić information content (AvgIpc) is 3.37. The van der Waals surface area contributed by atoms with Crippen LogP contribution in [-0.4, -0.2) is 54.1 Å². The maximum atomic E-state index is 12.9. The normalized spacial score (nSPS) is 18.6. The number of carbonyl (C=O) groups excluding carboxylic acids is 1. The van der Waals surface area contributed by atoms with Crippen LogP contribution in [0.1, 0.15) is 13.3 Å². The topological polar surface area (TPSA) is 80.5 Å². The number of hydrogen-bond acceptors (Lipinski definition) is 6. The van der Waals surface area contributed by atoms with Gasteiger partial charge in [0.25, 0.3) is 5.22 Å². The number of oxazole rings is 1. The molecule has 0 saturated carbocycles. The van der Waals surface area contributed by atoms with E-state index in [1.807, 2.05) is 60.7 Å². The lowest BCUT2D eigenvalue weighted by atomic mass is 10.1. The summed E-state index contributed by atoms with van der Waals surface area (Å²) in [6.07, 6.45) is 0.483. The molecule has 1 saturated heterocycles. The molecular formula is C23H24N2O4S2. The zero-order valence-corrected chi connectivity index (χ0v) is 19.0. The molecule has 0 bridgehead atoms. The van der Waals surface area contributed by atoms with Crippen LogP contribution in [0.15, 0.2) is 70.3 Å². The minimum atomic E-state index is -3.05. The highest BCUT2D eigenvalue weighted by molar-refractivity contribution is 8.00. The monoisotopic (exact) mass is 456 g/mol. The van der Waals surface area contributed by atoms with Gasteiger partial charge in [-0.2, -0.15) is 0 Å². The fourth-order valence-electron chi connectivity index (χ4n) is 3.68. The SMILES string of the molecule is CC(Sc1nc(-c2ccccc2)c(-c2ccccc2)o1)C(=O)N(C)C1CCS(=O)(=O)C1. The minimum Gasteiger partial charge on any atom is -0.431 e. The number of sulfone groups is 1. The van der Waals surface area contributed by atoms with Gasteiger partial charge in [-0.15, -0.1) is 0 Å². The van der Waals surface area contributed by atoms with Crippen molar-refractivity contribution in [2.75, 3.05) is 18.6 Å². The first kappa shape index (κ1) is 21.6. The lowest BCUT2D eigenvalue weighted by Crippen LogP contribution is -2.41. The fraction of sp³-hybridized carbons (Fsp3) is 0.304. The molecule has 1 aromatic heterocycles. The van der Waals surface area contributed by atoms with Crippen molar-refractivity contribution in [1.82, 2.24) is 9.88 Å². The lowest BCUT2D eigenvalue weighted by molar-refractivity contribution is -0.130. The van der Waals surface area contributed by atoms with Gasteiger partial charge in [0.2, 0.25) is 5.91 Å². The molecule has 4 rings (SSSR count). The van der Waals surface area contributed by atoms with E-state index in [0.717, 1.165) is 16.8 Å². The van der Waals surface area contributed by atoms with Crippen molar-refractivity contribution in [2.24, 2.45) is 0 Å². The molecule has 1 aliphatic rings. The number of rotatable bonds is 6. The van der Waals surface area contributed by atoms with E-state index < -0.39 is 15.1 Å². The summed E-state index contributed by atoms with van der Waals surface area (Å²) in [6.45, 7) is 1.79. The van der Waals surface area contributed by atoms with E-state index in [1.165, 1.54) is 11.8 Å². The van der Waals surface area contributed by atoms with Crippen LogP contribution in [0.2, 0.25) is 0 Å². The molecule has 2 aromatic carbocycles. The average molecular weight is 457 g/mol. The molecule has 0 radical (unpaired) electrons. The van der Waals surface area contributed by atoms with Crippen LogP contribution in [0, 0.1) is 0 Å². The first-order chi connectivity index (χ1) is 14.8. The van der Waals surface area contributed by atoms with Gasteiger partial charge in [-0.05, 0) is 13.3 Å². The van der Waals surface area contributed by atoms with E-state index in [4.69, 9.17) is 4.42 Å². The number of thioether (sulfide) groups is 1. The Bertz CT molecular complexity index is 1100. The molecule has 3 aromatic rings. The zero-order chi connectivity index (χ0) is 22.0. The van der Waals surface area contributed by atoms with E-state index in [-0.39, 0.29) is 23.5 Å². The third kappa shape index (κ3) is 4.85. The summed E-state index contributed by atoms with van der Waals surface area (Å²) in [6, 6.07) is 19.3. The quantitative estimate of drug-likeness (QED) is 0.519. The van der Waals surface area contributed by atoms with Gasteiger partial charge in [-0.25, -0.2) is 13.4 Å². The maximum absolute atomic E-state index is 12.9. The summed E-state index contributed by atoms with van der Waals surface area (Å²) >= 11 is 1.24. The molecule has 6 nitrogen and oxygen atoms in total. The second-order valence-electron chi connectivity index (χ2n) is 7.66. The Morgan fingerprint density at radius 3 is 2.29 bits per heavy atom. The first-order valence-electron chi connectivity index (χ1n) is 10.1. The molecule has 1 amide bonds. The van der Waals surface area contributed by atoms with Gasteiger partial charge in [0, 0.05) is 24.2 Å². The van der Waals surface area contributed by atoms with Crippen LogP contribution >= 0.6 is 11.8 Å². The molecule has 2 heterocycles. The highest BCUT2D eigenvalue weighted by atomic mass is 32.2. The molecule has 1 fully saturated rings. The van der Waals surface area contributed by atoms with Crippen LogP contribution in [0.25, 0.3) is 22.6 Å². The predicted octanol–water partition coefficient (Wildman–Crippen LogP) is 4.13. The Labute approximate surface area is 186 Å². The van der Waals surface area contributed by atoms with E-state index in [2.05, 4.69) is 4.98 Å². The van der Waals surface area contributed by atoms with Crippen molar-refractivity contribution in [3.05, 3.63) is 60.7 Å². The van der Waals surface area contributed by atoms with Crippen LogP contribution in [-0.2, 0) is 14.6 Å².